The van der Waals surface area contributed by atoms with Crippen molar-refractivity contribution in [3.63, 3.8) is 0 Å². The zero-order valence-electron chi connectivity index (χ0n) is 19.5. The number of halogens is 1. The minimum Gasteiger partial charge on any atom is -0.497 e. The molecule has 0 fully saturated rings. The van der Waals surface area contributed by atoms with E-state index >= 15 is 0 Å². The van der Waals surface area contributed by atoms with E-state index in [0.29, 0.717) is 41.0 Å². The molecule has 0 spiro atoms. The van der Waals surface area contributed by atoms with Gasteiger partial charge in [0, 0.05) is 48.5 Å². The first kappa shape index (κ1) is 24.6. The summed E-state index contributed by atoms with van der Waals surface area (Å²) in [5.41, 5.74) is 8.33. The molecule has 0 atom stereocenters. The lowest BCUT2D eigenvalue weighted by atomic mass is 10.2. The van der Waals surface area contributed by atoms with Gasteiger partial charge in [-0.2, -0.15) is 4.98 Å². The molecule has 36 heavy (non-hydrogen) atoms. The Kier molecular flexibility index (Phi) is 7.40. The summed E-state index contributed by atoms with van der Waals surface area (Å²) in [5.74, 6) is 0.694. The molecule has 0 radical (unpaired) electrons. The van der Waals surface area contributed by atoms with Crippen molar-refractivity contribution in [2.45, 2.75) is 6.54 Å². The van der Waals surface area contributed by atoms with Crippen LogP contribution in [0.5, 0.6) is 11.5 Å². The number of carbonyl (C=O) groups is 2. The lowest BCUT2D eigenvalue weighted by Crippen LogP contribution is -2.18. The number of hydrogen-bond acceptors (Lipinski definition) is 8. The molecule has 4 aromatic rings. The maximum Gasteiger partial charge on any atom is 0.256 e. The third-order valence-electron chi connectivity index (χ3n) is 5.22. The van der Waals surface area contributed by atoms with Crippen LogP contribution in [0.4, 0.5) is 23.1 Å². The third-order valence-corrected chi connectivity index (χ3v) is 5.46. The van der Waals surface area contributed by atoms with Crippen LogP contribution in [0.1, 0.15) is 15.9 Å². The van der Waals surface area contributed by atoms with E-state index in [1.165, 1.54) is 0 Å². The van der Waals surface area contributed by atoms with Crippen molar-refractivity contribution in [3.8, 4) is 11.5 Å². The summed E-state index contributed by atoms with van der Waals surface area (Å²) < 4.78 is 12.3. The van der Waals surface area contributed by atoms with Crippen LogP contribution in [0.3, 0.4) is 0 Å². The average Bonchev–Trinajstić information content (AvgIpc) is 3.37. The second-order valence-corrected chi connectivity index (χ2v) is 7.87. The molecule has 2 heterocycles. The first-order valence-electron chi connectivity index (χ1n) is 10.8. The molecular formula is C24H24ClN7O4. The fraction of sp³-hybridized carbons (Fsp3) is 0.167. The van der Waals surface area contributed by atoms with Gasteiger partial charge in [0.1, 0.15) is 22.9 Å². The fourth-order valence-corrected chi connectivity index (χ4v) is 3.59. The van der Waals surface area contributed by atoms with E-state index in [9.17, 15) is 9.59 Å². The standard InChI is InChI=1S/C24H24ClN7O4/c1-35-17-9-16(10-18(11-17)36-2)30-22-20(21(26)34)23-27-7-8-32(23)24(31-22)28-13-14-3-5-15(6-4-14)29-19(33)12-25/h3-11,30H,12-13H2,1-2H3,(H2,26,34)(H,28,31)(H,29,33). The van der Waals surface area contributed by atoms with Crippen LogP contribution >= 0.6 is 11.6 Å². The molecule has 12 heteroatoms. The lowest BCUT2D eigenvalue weighted by molar-refractivity contribution is -0.113. The number of nitrogens with one attached hydrogen (secondary N) is 3. The van der Waals surface area contributed by atoms with Gasteiger partial charge in [-0.3, -0.25) is 14.0 Å². The summed E-state index contributed by atoms with van der Waals surface area (Å²) in [7, 11) is 3.09. The Morgan fingerprint density at radius 3 is 2.36 bits per heavy atom. The van der Waals surface area contributed by atoms with Gasteiger partial charge >= 0.3 is 0 Å². The number of nitrogens with zero attached hydrogens (tertiary/aromatic N) is 3. The summed E-state index contributed by atoms with van der Waals surface area (Å²) in [5, 5.41) is 9.09. The van der Waals surface area contributed by atoms with Gasteiger partial charge in [0.2, 0.25) is 11.9 Å². The van der Waals surface area contributed by atoms with E-state index in [1.807, 2.05) is 12.1 Å². The highest BCUT2D eigenvalue weighted by Gasteiger charge is 2.20. The van der Waals surface area contributed by atoms with Crippen LogP contribution < -0.4 is 31.2 Å². The van der Waals surface area contributed by atoms with Crippen LogP contribution in [0.25, 0.3) is 5.65 Å². The van der Waals surface area contributed by atoms with E-state index in [-0.39, 0.29) is 23.2 Å². The number of hydrogen-bond donors (Lipinski definition) is 4. The molecule has 4 rings (SSSR count). The zero-order chi connectivity index (χ0) is 25.7. The Labute approximate surface area is 211 Å². The van der Waals surface area contributed by atoms with Crippen LogP contribution in [-0.4, -0.2) is 46.3 Å². The first-order chi connectivity index (χ1) is 17.4. The Morgan fingerprint density at radius 1 is 1.06 bits per heavy atom. The van der Waals surface area contributed by atoms with E-state index in [1.54, 1.807) is 61.3 Å². The quantitative estimate of drug-likeness (QED) is 0.238. The molecule has 2 aromatic carbocycles. The molecule has 0 aliphatic heterocycles. The molecule has 0 bridgehead atoms. The Balaban J connectivity index is 1.65. The maximum absolute atomic E-state index is 12.4. The van der Waals surface area contributed by atoms with E-state index in [2.05, 4.69) is 25.9 Å². The number of ether oxygens (including phenoxy) is 2. The molecule has 0 aliphatic carbocycles. The molecule has 0 saturated carbocycles. The molecule has 5 N–H and O–H groups in total. The molecule has 2 amide bonds. The van der Waals surface area contributed by atoms with Gasteiger partial charge < -0.3 is 31.2 Å². The second-order valence-electron chi connectivity index (χ2n) is 7.60. The first-order valence-corrected chi connectivity index (χ1v) is 11.3. The fourth-order valence-electron chi connectivity index (χ4n) is 3.52. The topological polar surface area (TPSA) is 145 Å². The number of benzene rings is 2. The highest BCUT2D eigenvalue weighted by molar-refractivity contribution is 6.29. The molecule has 0 unspecified atom stereocenters. The number of imidazole rings is 1. The number of primary amides is 1. The summed E-state index contributed by atoms with van der Waals surface area (Å²) in [6.45, 7) is 0.409. The van der Waals surface area contributed by atoms with Crippen molar-refractivity contribution in [1.29, 1.82) is 0 Å². The van der Waals surface area contributed by atoms with Crippen molar-refractivity contribution in [3.05, 3.63) is 66.0 Å². The smallest absolute Gasteiger partial charge is 0.256 e. The van der Waals surface area contributed by atoms with Gasteiger partial charge in [-0.25, -0.2) is 4.98 Å². The molecular weight excluding hydrogens is 486 g/mol. The van der Waals surface area contributed by atoms with Gasteiger partial charge in [0.15, 0.2) is 11.5 Å². The summed E-state index contributed by atoms with van der Waals surface area (Å²) in [6.07, 6.45) is 3.24. The second kappa shape index (κ2) is 10.8. The Bertz CT molecular complexity index is 1380. The van der Waals surface area contributed by atoms with Crippen molar-refractivity contribution < 1.29 is 19.1 Å². The highest BCUT2D eigenvalue weighted by Crippen LogP contribution is 2.30. The number of amides is 2. The van der Waals surface area contributed by atoms with Crippen LogP contribution in [0.2, 0.25) is 0 Å². The van der Waals surface area contributed by atoms with Gasteiger partial charge in [-0.1, -0.05) is 12.1 Å². The van der Waals surface area contributed by atoms with Crippen LogP contribution in [0.15, 0.2) is 54.9 Å². The summed E-state index contributed by atoms with van der Waals surface area (Å²) >= 11 is 5.53. The lowest BCUT2D eigenvalue weighted by Gasteiger charge is -2.16. The van der Waals surface area contributed by atoms with E-state index in [0.717, 1.165) is 5.56 Å². The zero-order valence-corrected chi connectivity index (χ0v) is 20.3. The van der Waals surface area contributed by atoms with E-state index in [4.69, 9.17) is 26.8 Å². The maximum atomic E-state index is 12.4. The molecule has 0 saturated heterocycles. The minimum atomic E-state index is -0.683. The van der Waals surface area contributed by atoms with Gasteiger partial charge in [0.25, 0.3) is 5.91 Å². The molecule has 11 nitrogen and oxygen atoms in total. The number of fused-ring (bicyclic) bond motifs is 1. The average molecular weight is 510 g/mol. The largest absolute Gasteiger partial charge is 0.497 e. The van der Waals surface area contributed by atoms with Crippen LogP contribution in [0, 0.1) is 0 Å². The predicted molar refractivity (Wildman–Crippen MR) is 137 cm³/mol. The third kappa shape index (κ3) is 5.41. The number of nitrogens with two attached hydrogens (primary N) is 1. The van der Waals surface area contributed by atoms with Gasteiger partial charge in [-0.05, 0) is 17.7 Å². The number of rotatable bonds is 10. The molecule has 0 aliphatic rings. The minimum absolute atomic E-state index is 0.115. The van der Waals surface area contributed by atoms with E-state index < -0.39 is 5.91 Å². The van der Waals surface area contributed by atoms with Gasteiger partial charge in [0.05, 0.1) is 14.2 Å². The number of methoxy groups -OCH3 is 2. The number of anilines is 4. The van der Waals surface area contributed by atoms with Crippen molar-refractivity contribution >= 4 is 52.2 Å². The highest BCUT2D eigenvalue weighted by atomic mass is 35.5. The number of alkyl halides is 1. The van der Waals surface area contributed by atoms with Crippen LogP contribution in [-0.2, 0) is 11.3 Å². The summed E-state index contributed by atoms with van der Waals surface area (Å²) in [4.78, 5) is 32.8. The molecule has 186 valence electrons. The normalized spacial score (nSPS) is 10.6. The Morgan fingerprint density at radius 2 is 1.75 bits per heavy atom. The van der Waals surface area contributed by atoms with Crippen molar-refractivity contribution in [2.75, 3.05) is 36.0 Å². The monoisotopic (exact) mass is 509 g/mol. The number of aromatic nitrogens is 3. The number of carbonyl (C=O) groups excluding carboxylic acids is 2. The molecule has 2 aromatic heterocycles. The SMILES string of the molecule is COc1cc(Nc2nc(NCc3ccc(NC(=O)CCl)cc3)n3ccnc3c2C(N)=O)cc(OC)c1. The predicted octanol–water partition coefficient (Wildman–Crippen LogP) is 3.38. The van der Waals surface area contributed by atoms with Gasteiger partial charge in [-0.15, -0.1) is 11.6 Å². The Hall–Kier alpha value is -4.51. The van der Waals surface area contributed by atoms with Crippen molar-refractivity contribution in [1.82, 2.24) is 14.4 Å². The summed E-state index contributed by atoms with van der Waals surface area (Å²) in [6, 6.07) is 12.5. The van der Waals surface area contributed by atoms with Crippen molar-refractivity contribution in [2.24, 2.45) is 5.73 Å².